The summed E-state index contributed by atoms with van der Waals surface area (Å²) in [7, 11) is 0. The summed E-state index contributed by atoms with van der Waals surface area (Å²) in [5.74, 6) is 0.414. The first-order chi connectivity index (χ1) is 12.6. The van der Waals surface area contributed by atoms with Crippen molar-refractivity contribution < 1.29 is 9.21 Å². The van der Waals surface area contributed by atoms with E-state index < -0.39 is 0 Å². The monoisotopic (exact) mass is 347 g/mol. The highest BCUT2D eigenvalue weighted by atomic mass is 16.3. The van der Waals surface area contributed by atoms with Crippen molar-refractivity contribution in [2.45, 2.75) is 19.9 Å². The molecule has 1 aromatic carbocycles. The Hall–Kier alpha value is -3.48. The van der Waals surface area contributed by atoms with Crippen LogP contribution >= 0.6 is 0 Å². The molecule has 1 N–H and O–H groups in total. The normalized spacial score (nSPS) is 11.2. The van der Waals surface area contributed by atoms with Gasteiger partial charge in [0.25, 0.3) is 5.91 Å². The van der Waals surface area contributed by atoms with Crippen LogP contribution < -0.4 is 5.32 Å². The number of hydrogen-bond acceptors (Lipinski definition) is 5. The van der Waals surface area contributed by atoms with Gasteiger partial charge in [0.05, 0.1) is 18.0 Å². The molecular formula is C19H17N5O2. The maximum absolute atomic E-state index is 12.6. The van der Waals surface area contributed by atoms with Crippen molar-refractivity contribution in [2.75, 3.05) is 5.32 Å². The van der Waals surface area contributed by atoms with Crippen LogP contribution in [0.25, 0.3) is 22.4 Å². The fourth-order valence-corrected chi connectivity index (χ4v) is 2.75. The second-order valence-electron chi connectivity index (χ2n) is 6.22. The lowest BCUT2D eigenvalue weighted by molar-refractivity contribution is 0.102. The molecule has 7 heteroatoms. The van der Waals surface area contributed by atoms with E-state index in [-0.39, 0.29) is 11.9 Å². The minimum atomic E-state index is -0.230. The van der Waals surface area contributed by atoms with Gasteiger partial charge >= 0.3 is 0 Å². The second-order valence-corrected chi connectivity index (χ2v) is 6.22. The van der Waals surface area contributed by atoms with Gasteiger partial charge in [0.15, 0.2) is 17.8 Å². The molecule has 3 aromatic heterocycles. The predicted molar refractivity (Wildman–Crippen MR) is 97.8 cm³/mol. The topological polar surface area (TPSA) is 85.8 Å². The SMILES string of the molecule is CC(C)n1ncc2cc(C(=O)Nc3cccc(-c4cnco4)c3)cnc21. The van der Waals surface area contributed by atoms with E-state index >= 15 is 0 Å². The molecule has 0 bridgehead atoms. The van der Waals surface area contributed by atoms with Crippen LogP contribution in [0.1, 0.15) is 30.2 Å². The zero-order valence-electron chi connectivity index (χ0n) is 14.4. The summed E-state index contributed by atoms with van der Waals surface area (Å²) < 4.78 is 7.12. The molecule has 0 spiro atoms. The Morgan fingerprint density at radius 3 is 2.85 bits per heavy atom. The lowest BCUT2D eigenvalue weighted by Gasteiger charge is -2.08. The molecule has 3 heterocycles. The summed E-state index contributed by atoms with van der Waals surface area (Å²) in [5.41, 5.74) is 2.75. The minimum Gasteiger partial charge on any atom is -0.444 e. The molecule has 0 aliphatic heterocycles. The van der Waals surface area contributed by atoms with E-state index in [1.807, 2.05) is 42.8 Å². The highest BCUT2D eigenvalue weighted by Crippen LogP contribution is 2.23. The summed E-state index contributed by atoms with van der Waals surface area (Å²) in [6, 6.07) is 9.40. The van der Waals surface area contributed by atoms with E-state index in [1.54, 1.807) is 24.7 Å². The second kappa shape index (κ2) is 6.44. The van der Waals surface area contributed by atoms with Crippen LogP contribution in [0.15, 0.2) is 59.7 Å². The third-order valence-electron chi connectivity index (χ3n) is 4.02. The van der Waals surface area contributed by atoms with Crippen molar-refractivity contribution in [3.63, 3.8) is 0 Å². The van der Waals surface area contributed by atoms with Gasteiger partial charge in [-0.05, 0) is 32.0 Å². The first-order valence-corrected chi connectivity index (χ1v) is 8.25. The van der Waals surface area contributed by atoms with Crippen molar-refractivity contribution in [3.8, 4) is 11.3 Å². The molecule has 0 atom stereocenters. The fraction of sp³-hybridized carbons (Fsp3) is 0.158. The van der Waals surface area contributed by atoms with Gasteiger partial charge in [-0.25, -0.2) is 14.6 Å². The third kappa shape index (κ3) is 2.95. The Balaban J connectivity index is 1.59. The molecule has 26 heavy (non-hydrogen) atoms. The number of carbonyl (C=O) groups excluding carboxylic acids is 1. The lowest BCUT2D eigenvalue weighted by Crippen LogP contribution is -2.12. The van der Waals surface area contributed by atoms with E-state index in [0.717, 1.165) is 16.6 Å². The Kier molecular flexibility index (Phi) is 3.96. The number of rotatable bonds is 4. The van der Waals surface area contributed by atoms with E-state index in [2.05, 4.69) is 20.4 Å². The molecule has 0 aliphatic carbocycles. The number of pyridine rings is 1. The molecule has 0 unspecified atom stereocenters. The molecule has 0 saturated heterocycles. The van der Waals surface area contributed by atoms with E-state index in [9.17, 15) is 4.79 Å². The first-order valence-electron chi connectivity index (χ1n) is 8.25. The van der Waals surface area contributed by atoms with Gasteiger partial charge in [-0.3, -0.25) is 4.79 Å². The van der Waals surface area contributed by atoms with Gasteiger partial charge < -0.3 is 9.73 Å². The van der Waals surface area contributed by atoms with Crippen molar-refractivity contribution in [2.24, 2.45) is 0 Å². The van der Waals surface area contributed by atoms with E-state index in [1.165, 1.54) is 6.39 Å². The number of carbonyl (C=O) groups is 1. The summed E-state index contributed by atoms with van der Waals surface area (Å²) in [4.78, 5) is 20.9. The molecule has 4 aromatic rings. The molecule has 7 nitrogen and oxygen atoms in total. The van der Waals surface area contributed by atoms with Gasteiger partial charge in [-0.15, -0.1) is 0 Å². The Morgan fingerprint density at radius 1 is 1.19 bits per heavy atom. The number of benzene rings is 1. The van der Waals surface area contributed by atoms with Crippen molar-refractivity contribution in [1.82, 2.24) is 19.7 Å². The average Bonchev–Trinajstić information content (AvgIpc) is 3.31. The number of aromatic nitrogens is 4. The molecule has 0 fully saturated rings. The number of oxazole rings is 1. The number of fused-ring (bicyclic) bond motifs is 1. The van der Waals surface area contributed by atoms with Crippen molar-refractivity contribution in [1.29, 1.82) is 0 Å². The smallest absolute Gasteiger partial charge is 0.257 e. The third-order valence-corrected chi connectivity index (χ3v) is 4.02. The van der Waals surface area contributed by atoms with E-state index in [4.69, 9.17) is 4.42 Å². The zero-order valence-corrected chi connectivity index (χ0v) is 14.4. The van der Waals surface area contributed by atoms with Crippen molar-refractivity contribution in [3.05, 3.63) is 60.9 Å². The first kappa shape index (κ1) is 16.0. The number of hydrogen-bond donors (Lipinski definition) is 1. The molecular weight excluding hydrogens is 330 g/mol. The minimum absolute atomic E-state index is 0.207. The Bertz CT molecular complexity index is 1070. The molecule has 1 amide bonds. The molecule has 0 aliphatic rings. The van der Waals surface area contributed by atoms with Gasteiger partial charge in [0.2, 0.25) is 0 Å². The molecule has 0 radical (unpaired) electrons. The number of amides is 1. The fourth-order valence-electron chi connectivity index (χ4n) is 2.75. The van der Waals surface area contributed by atoms with Gasteiger partial charge in [-0.1, -0.05) is 12.1 Å². The van der Waals surface area contributed by atoms with Crippen molar-refractivity contribution >= 4 is 22.6 Å². The summed E-state index contributed by atoms with van der Waals surface area (Å²) in [6.45, 7) is 4.08. The van der Waals surface area contributed by atoms with Crippen LogP contribution in [0, 0.1) is 0 Å². The predicted octanol–water partition coefficient (Wildman–Crippen LogP) is 3.92. The largest absolute Gasteiger partial charge is 0.444 e. The summed E-state index contributed by atoms with van der Waals surface area (Å²) in [5, 5.41) is 8.05. The average molecular weight is 347 g/mol. The van der Waals surface area contributed by atoms with Gasteiger partial charge in [0.1, 0.15) is 0 Å². The van der Waals surface area contributed by atoms with Crippen LogP contribution in [0.4, 0.5) is 5.69 Å². The highest BCUT2D eigenvalue weighted by Gasteiger charge is 2.12. The standard InChI is InChI=1S/C19H17N5O2/c1-12(2)24-18-14(9-22-24)6-15(8-21-18)19(25)23-16-5-3-4-13(7-16)17-10-20-11-26-17/h3-12H,1-2H3,(H,23,25). The Morgan fingerprint density at radius 2 is 2.08 bits per heavy atom. The zero-order chi connectivity index (χ0) is 18.1. The van der Waals surface area contributed by atoms with Crippen LogP contribution in [-0.2, 0) is 0 Å². The number of nitrogens with one attached hydrogen (secondary N) is 1. The Labute approximate surface area is 149 Å². The maximum atomic E-state index is 12.6. The van der Waals surface area contributed by atoms with Crippen LogP contribution in [0.5, 0.6) is 0 Å². The van der Waals surface area contributed by atoms with Crippen LogP contribution in [0.2, 0.25) is 0 Å². The molecule has 130 valence electrons. The molecule has 4 rings (SSSR count). The number of anilines is 1. The van der Waals surface area contributed by atoms with Gasteiger partial charge in [-0.2, -0.15) is 5.10 Å². The van der Waals surface area contributed by atoms with Crippen LogP contribution in [0.3, 0.4) is 0 Å². The summed E-state index contributed by atoms with van der Waals surface area (Å²) in [6.07, 6.45) is 6.30. The number of nitrogens with zero attached hydrogens (tertiary/aromatic N) is 4. The quantitative estimate of drug-likeness (QED) is 0.605. The summed E-state index contributed by atoms with van der Waals surface area (Å²) >= 11 is 0. The van der Waals surface area contributed by atoms with Gasteiger partial charge in [0, 0.05) is 28.9 Å². The van der Waals surface area contributed by atoms with E-state index in [0.29, 0.717) is 17.0 Å². The highest BCUT2D eigenvalue weighted by molar-refractivity contribution is 6.05. The molecule has 0 saturated carbocycles. The van der Waals surface area contributed by atoms with Crippen LogP contribution in [-0.4, -0.2) is 25.7 Å². The lowest BCUT2D eigenvalue weighted by atomic mass is 10.1. The maximum Gasteiger partial charge on any atom is 0.257 e.